The van der Waals surface area contributed by atoms with Crippen LogP contribution in [0.3, 0.4) is 0 Å². The second-order valence-corrected chi connectivity index (χ2v) is 9.74. The van der Waals surface area contributed by atoms with Crippen LogP contribution in [0.4, 0.5) is 5.69 Å². The maximum atomic E-state index is 12.7. The minimum absolute atomic E-state index is 0.199. The number of carbonyl (C=O) groups is 3. The van der Waals surface area contributed by atoms with Gasteiger partial charge in [-0.3, -0.25) is 19.1 Å². The predicted molar refractivity (Wildman–Crippen MR) is 131 cm³/mol. The lowest BCUT2D eigenvalue weighted by Gasteiger charge is -2.21. The van der Waals surface area contributed by atoms with Crippen LogP contribution >= 0.6 is 0 Å². The van der Waals surface area contributed by atoms with Crippen molar-refractivity contribution in [3.05, 3.63) is 83.7 Å². The van der Waals surface area contributed by atoms with Crippen molar-refractivity contribution in [1.82, 2.24) is 10.3 Å². The molecule has 2 aromatic carbocycles. The Morgan fingerprint density at radius 3 is 2.30 bits per heavy atom. The molecule has 4 rings (SSSR count). The molecular weight excluding hydrogens is 502 g/mol. The first kappa shape index (κ1) is 25.8. The first-order valence-electron chi connectivity index (χ1n) is 11.3. The zero-order valence-electron chi connectivity index (χ0n) is 19.3. The van der Waals surface area contributed by atoms with Crippen LogP contribution in [0.15, 0.2) is 71.9 Å². The molecule has 0 spiro atoms. The van der Waals surface area contributed by atoms with Gasteiger partial charge in [-0.15, -0.1) is 0 Å². The van der Waals surface area contributed by atoms with E-state index < -0.39 is 44.3 Å². The summed E-state index contributed by atoms with van der Waals surface area (Å²) in [5.74, 6) is -2.49. The van der Waals surface area contributed by atoms with E-state index in [1.165, 1.54) is 42.7 Å². The van der Waals surface area contributed by atoms with Crippen molar-refractivity contribution in [2.45, 2.75) is 36.3 Å². The molecule has 1 saturated carbocycles. The third kappa shape index (κ3) is 6.11. The lowest BCUT2D eigenvalue weighted by molar-refractivity contribution is 0.0250. The fourth-order valence-electron chi connectivity index (χ4n) is 4.04. The van der Waals surface area contributed by atoms with E-state index in [1.807, 2.05) is 0 Å². The van der Waals surface area contributed by atoms with E-state index in [9.17, 15) is 32.5 Å². The molecule has 192 valence electrons. The minimum atomic E-state index is -4.76. The first-order chi connectivity index (χ1) is 17.6. The normalized spacial score (nSPS) is 17.1. The van der Waals surface area contributed by atoms with Crippen LogP contribution in [0.25, 0.3) is 0 Å². The third-order valence-electron chi connectivity index (χ3n) is 5.86. The number of nitrogens with zero attached hydrogens (tertiary/aromatic N) is 1. The molecule has 1 fully saturated rings. The summed E-state index contributed by atoms with van der Waals surface area (Å²) >= 11 is 0. The molecule has 0 bridgehead atoms. The molecule has 1 aliphatic carbocycles. The Balaban J connectivity index is 1.40. The summed E-state index contributed by atoms with van der Waals surface area (Å²) in [6.45, 7) is 0. The topological polar surface area (TPSA) is 172 Å². The third-order valence-corrected chi connectivity index (χ3v) is 6.75. The van der Waals surface area contributed by atoms with E-state index in [-0.39, 0.29) is 23.2 Å². The highest BCUT2D eigenvalue weighted by Gasteiger charge is 2.32. The fourth-order valence-corrected chi connectivity index (χ4v) is 4.74. The summed E-state index contributed by atoms with van der Waals surface area (Å²) in [4.78, 5) is 40.9. The van der Waals surface area contributed by atoms with Gasteiger partial charge in [-0.2, -0.15) is 8.42 Å². The smallest absolute Gasteiger partial charge is 0.338 e. The Morgan fingerprint density at radius 2 is 1.62 bits per heavy atom. The van der Waals surface area contributed by atoms with Crippen LogP contribution in [0, 0.1) is 0 Å². The Labute approximate surface area is 212 Å². The van der Waals surface area contributed by atoms with Gasteiger partial charge in [0.2, 0.25) is 0 Å². The van der Waals surface area contributed by atoms with Crippen molar-refractivity contribution < 1.29 is 37.2 Å². The zero-order valence-corrected chi connectivity index (χ0v) is 20.1. The zero-order chi connectivity index (χ0) is 26.6. The van der Waals surface area contributed by atoms with Crippen molar-refractivity contribution in [1.29, 1.82) is 0 Å². The molecule has 0 radical (unpaired) electrons. The SMILES string of the molecule is O=C(N[C@@H]1CCC[C@H]1OC(=O)c1ccc(NC(=O)c2c(O)cccc2S(=O)(=O)O)cc1)c1ccncc1. The summed E-state index contributed by atoms with van der Waals surface area (Å²) in [6, 6.07) is 11.7. The number of aromatic nitrogens is 1. The molecule has 1 aromatic heterocycles. The first-order valence-corrected chi connectivity index (χ1v) is 12.7. The maximum absolute atomic E-state index is 12.7. The Morgan fingerprint density at radius 1 is 0.919 bits per heavy atom. The number of rotatable bonds is 7. The highest BCUT2D eigenvalue weighted by Crippen LogP contribution is 2.27. The van der Waals surface area contributed by atoms with E-state index in [0.29, 0.717) is 18.4 Å². The predicted octanol–water partition coefficient (Wildman–Crippen LogP) is 2.79. The number of aromatic hydroxyl groups is 1. The van der Waals surface area contributed by atoms with Crippen LogP contribution in [0.5, 0.6) is 5.75 Å². The lowest BCUT2D eigenvalue weighted by Crippen LogP contribution is -2.41. The van der Waals surface area contributed by atoms with Gasteiger partial charge in [-0.25, -0.2) is 4.79 Å². The van der Waals surface area contributed by atoms with Crippen LogP contribution < -0.4 is 10.6 Å². The van der Waals surface area contributed by atoms with Gasteiger partial charge in [0.05, 0.1) is 11.6 Å². The van der Waals surface area contributed by atoms with Crippen LogP contribution in [-0.4, -0.2) is 53.0 Å². The average Bonchev–Trinajstić information content (AvgIpc) is 3.30. The van der Waals surface area contributed by atoms with Crippen LogP contribution in [-0.2, 0) is 14.9 Å². The summed E-state index contributed by atoms with van der Waals surface area (Å²) in [6.07, 6.45) is 4.57. The molecule has 1 heterocycles. The molecule has 37 heavy (non-hydrogen) atoms. The van der Waals surface area contributed by atoms with Crippen molar-refractivity contribution in [3.63, 3.8) is 0 Å². The average molecular weight is 526 g/mol. The molecule has 2 amide bonds. The molecule has 0 saturated heterocycles. The molecule has 0 aliphatic heterocycles. The van der Waals surface area contributed by atoms with E-state index in [4.69, 9.17) is 4.74 Å². The number of ether oxygens (including phenoxy) is 1. The summed E-state index contributed by atoms with van der Waals surface area (Å²) in [5.41, 5.74) is 0.242. The number of esters is 1. The Bertz CT molecular complexity index is 1430. The molecule has 11 nitrogen and oxygen atoms in total. The van der Waals surface area contributed by atoms with Crippen molar-refractivity contribution in [2.75, 3.05) is 5.32 Å². The number of benzene rings is 2. The number of carbonyl (C=O) groups excluding carboxylic acids is 3. The quantitative estimate of drug-likeness (QED) is 0.267. The largest absolute Gasteiger partial charge is 0.507 e. The number of hydrogen-bond acceptors (Lipinski definition) is 8. The minimum Gasteiger partial charge on any atom is -0.507 e. The van der Waals surface area contributed by atoms with Gasteiger partial charge in [-0.05, 0) is 67.8 Å². The number of phenols is 1. The summed E-state index contributed by atoms with van der Waals surface area (Å²) in [5, 5.41) is 15.3. The lowest BCUT2D eigenvalue weighted by atomic mass is 10.1. The number of amides is 2. The highest BCUT2D eigenvalue weighted by atomic mass is 32.2. The second-order valence-electron chi connectivity index (χ2n) is 8.35. The van der Waals surface area contributed by atoms with Gasteiger partial charge in [0.15, 0.2) is 0 Å². The van der Waals surface area contributed by atoms with Gasteiger partial charge >= 0.3 is 5.97 Å². The van der Waals surface area contributed by atoms with Crippen LogP contribution in [0.2, 0.25) is 0 Å². The molecule has 4 N–H and O–H groups in total. The molecule has 2 atom stereocenters. The van der Waals surface area contributed by atoms with Crippen molar-refractivity contribution >= 4 is 33.6 Å². The highest BCUT2D eigenvalue weighted by molar-refractivity contribution is 7.86. The van der Waals surface area contributed by atoms with E-state index in [2.05, 4.69) is 15.6 Å². The molecule has 12 heteroatoms. The van der Waals surface area contributed by atoms with E-state index in [1.54, 1.807) is 12.1 Å². The van der Waals surface area contributed by atoms with Gasteiger partial charge in [0.1, 0.15) is 22.3 Å². The van der Waals surface area contributed by atoms with Gasteiger partial charge < -0.3 is 20.5 Å². The fraction of sp³-hybridized carbons (Fsp3) is 0.200. The maximum Gasteiger partial charge on any atom is 0.338 e. The Kier molecular flexibility index (Phi) is 7.50. The van der Waals surface area contributed by atoms with Gasteiger partial charge in [0, 0.05) is 23.6 Å². The van der Waals surface area contributed by atoms with Gasteiger partial charge in [-0.1, -0.05) is 6.07 Å². The number of phenolic OH excluding ortho intramolecular Hbond substituents is 1. The summed E-state index contributed by atoms with van der Waals surface area (Å²) in [7, 11) is -4.76. The van der Waals surface area contributed by atoms with Crippen molar-refractivity contribution in [2.24, 2.45) is 0 Å². The molecule has 1 aliphatic rings. The Hall–Kier alpha value is -4.29. The summed E-state index contributed by atoms with van der Waals surface area (Å²) < 4.78 is 38.1. The monoisotopic (exact) mass is 525 g/mol. The molecule has 0 unspecified atom stereocenters. The molecular formula is C25H23N3O8S. The van der Waals surface area contributed by atoms with Crippen molar-refractivity contribution in [3.8, 4) is 5.75 Å². The standard InChI is InChI=1S/C25H23N3O8S/c29-19-4-2-6-21(37(33,34)35)22(19)24(31)27-17-9-7-16(8-10-17)25(32)36-20-5-1-3-18(20)28-23(30)15-11-13-26-14-12-15/h2,4,6-14,18,20,29H,1,3,5H2,(H,27,31)(H,28,30)(H,33,34,35)/t18-,20-/m1/s1. The second kappa shape index (κ2) is 10.8. The van der Waals surface area contributed by atoms with E-state index >= 15 is 0 Å². The number of pyridine rings is 1. The van der Waals surface area contributed by atoms with E-state index in [0.717, 1.165) is 18.6 Å². The number of hydrogen-bond donors (Lipinski definition) is 4. The van der Waals surface area contributed by atoms with Gasteiger partial charge in [0.25, 0.3) is 21.9 Å². The van der Waals surface area contributed by atoms with Crippen LogP contribution in [0.1, 0.15) is 50.3 Å². The number of nitrogens with one attached hydrogen (secondary N) is 2. The number of anilines is 1. The molecule has 3 aromatic rings.